The fourth-order valence-electron chi connectivity index (χ4n) is 2.23. The third-order valence-electron chi connectivity index (χ3n) is 3.16. The highest BCUT2D eigenvalue weighted by Crippen LogP contribution is 2.19. The topological polar surface area (TPSA) is 43.8 Å². The van der Waals surface area contributed by atoms with Crippen LogP contribution in [0.3, 0.4) is 0 Å². The molecule has 0 atom stereocenters. The molecule has 0 fully saturated rings. The van der Waals surface area contributed by atoms with Crippen LogP contribution in [0.2, 0.25) is 0 Å². The number of nitrogens with zero attached hydrogens (tertiary/aromatic N) is 2. The molecular weight excluding hydrogens is 234 g/mol. The van der Waals surface area contributed by atoms with Gasteiger partial charge in [0, 0.05) is 19.4 Å². The molecule has 2 N–H and O–H groups in total. The van der Waals surface area contributed by atoms with E-state index in [1.807, 2.05) is 24.3 Å². The lowest BCUT2D eigenvalue weighted by Crippen LogP contribution is -2.06. The van der Waals surface area contributed by atoms with E-state index in [-0.39, 0.29) is 0 Å². The second kappa shape index (κ2) is 6.23. The lowest BCUT2D eigenvalue weighted by Gasteiger charge is -2.06. The van der Waals surface area contributed by atoms with Crippen molar-refractivity contribution in [2.75, 3.05) is 5.73 Å². The predicted molar refractivity (Wildman–Crippen MR) is 80.1 cm³/mol. The predicted octanol–water partition coefficient (Wildman–Crippen LogP) is 3.19. The number of hydrogen-bond acceptors (Lipinski definition) is 2. The van der Waals surface area contributed by atoms with Gasteiger partial charge < -0.3 is 10.3 Å². The monoisotopic (exact) mass is 255 g/mol. The maximum absolute atomic E-state index is 6.22. The van der Waals surface area contributed by atoms with Crippen LogP contribution in [0.1, 0.15) is 30.4 Å². The van der Waals surface area contributed by atoms with Crippen LogP contribution >= 0.6 is 0 Å². The largest absolute Gasteiger partial charge is 0.384 e. The second-order valence-corrected chi connectivity index (χ2v) is 4.67. The van der Waals surface area contributed by atoms with Crippen molar-refractivity contribution in [1.82, 2.24) is 9.55 Å². The zero-order chi connectivity index (χ0) is 13.7. The van der Waals surface area contributed by atoms with Gasteiger partial charge in [-0.15, -0.1) is 6.58 Å². The van der Waals surface area contributed by atoms with Crippen LogP contribution in [0.25, 0.3) is 0 Å². The van der Waals surface area contributed by atoms with Crippen LogP contribution in [-0.4, -0.2) is 9.55 Å². The standard InChI is InChI=1S/C16H21N3/c1-3-8-15-18-14(16(17)19(15)11-4-2)12-13-9-6-5-7-10-13/h4-7,9-10H,2-3,8,11-12,17H2,1H3. The van der Waals surface area contributed by atoms with Crippen LogP contribution in [-0.2, 0) is 19.4 Å². The van der Waals surface area contributed by atoms with Crippen molar-refractivity contribution in [3.63, 3.8) is 0 Å². The van der Waals surface area contributed by atoms with E-state index in [9.17, 15) is 0 Å². The number of aryl methyl sites for hydroxylation is 1. The summed E-state index contributed by atoms with van der Waals surface area (Å²) in [5.74, 6) is 1.83. The summed E-state index contributed by atoms with van der Waals surface area (Å²) in [5, 5.41) is 0. The fraction of sp³-hybridized carbons (Fsp3) is 0.312. The molecule has 0 saturated carbocycles. The Kier molecular flexibility index (Phi) is 4.39. The van der Waals surface area contributed by atoms with E-state index in [4.69, 9.17) is 10.7 Å². The van der Waals surface area contributed by atoms with Crippen LogP contribution in [0.4, 0.5) is 5.82 Å². The van der Waals surface area contributed by atoms with E-state index in [0.29, 0.717) is 0 Å². The molecule has 1 heterocycles. The lowest BCUT2D eigenvalue weighted by molar-refractivity contribution is 0.723. The molecule has 0 unspecified atom stereocenters. The van der Waals surface area contributed by atoms with Gasteiger partial charge in [-0.1, -0.05) is 43.3 Å². The molecular formula is C16H21N3. The third kappa shape index (κ3) is 3.05. The molecule has 19 heavy (non-hydrogen) atoms. The van der Waals surface area contributed by atoms with E-state index in [1.165, 1.54) is 5.56 Å². The van der Waals surface area contributed by atoms with Crippen molar-refractivity contribution < 1.29 is 0 Å². The van der Waals surface area contributed by atoms with Gasteiger partial charge in [-0.25, -0.2) is 4.98 Å². The minimum atomic E-state index is 0.725. The molecule has 0 amide bonds. The first-order valence-corrected chi connectivity index (χ1v) is 6.74. The van der Waals surface area contributed by atoms with Crippen molar-refractivity contribution in [3.05, 3.63) is 60.1 Å². The number of aromatic nitrogens is 2. The van der Waals surface area contributed by atoms with Crippen molar-refractivity contribution >= 4 is 5.82 Å². The summed E-state index contributed by atoms with van der Waals surface area (Å²) in [6, 6.07) is 10.3. The number of rotatable bonds is 6. The summed E-state index contributed by atoms with van der Waals surface area (Å²) in [7, 11) is 0. The maximum Gasteiger partial charge on any atom is 0.127 e. The third-order valence-corrected chi connectivity index (χ3v) is 3.16. The highest BCUT2D eigenvalue weighted by molar-refractivity contribution is 5.41. The molecule has 0 saturated heterocycles. The van der Waals surface area contributed by atoms with Gasteiger partial charge in [-0.05, 0) is 12.0 Å². The van der Waals surface area contributed by atoms with Gasteiger partial charge in [0.25, 0.3) is 0 Å². The number of allylic oxidation sites excluding steroid dienone is 1. The molecule has 0 bridgehead atoms. The molecule has 0 aliphatic carbocycles. The van der Waals surface area contributed by atoms with Gasteiger partial charge in [0.2, 0.25) is 0 Å². The summed E-state index contributed by atoms with van der Waals surface area (Å²) in [6.45, 7) is 6.67. The van der Waals surface area contributed by atoms with E-state index in [1.54, 1.807) is 0 Å². The number of benzene rings is 1. The molecule has 0 spiro atoms. The Hall–Kier alpha value is -2.03. The van der Waals surface area contributed by atoms with Gasteiger partial charge >= 0.3 is 0 Å². The average molecular weight is 255 g/mol. The molecule has 1 aromatic carbocycles. The van der Waals surface area contributed by atoms with Gasteiger partial charge in [0.1, 0.15) is 11.6 Å². The van der Waals surface area contributed by atoms with E-state index >= 15 is 0 Å². The van der Waals surface area contributed by atoms with Crippen molar-refractivity contribution in [2.45, 2.75) is 32.7 Å². The smallest absolute Gasteiger partial charge is 0.127 e. The van der Waals surface area contributed by atoms with Crippen molar-refractivity contribution in [1.29, 1.82) is 0 Å². The first-order chi connectivity index (χ1) is 9.26. The number of anilines is 1. The zero-order valence-electron chi connectivity index (χ0n) is 11.5. The van der Waals surface area contributed by atoms with E-state index in [2.05, 4.69) is 30.2 Å². The molecule has 3 heteroatoms. The van der Waals surface area contributed by atoms with Crippen LogP contribution < -0.4 is 5.73 Å². The van der Waals surface area contributed by atoms with E-state index in [0.717, 1.165) is 43.1 Å². The Morgan fingerprint density at radius 3 is 2.68 bits per heavy atom. The first-order valence-electron chi connectivity index (χ1n) is 6.74. The normalized spacial score (nSPS) is 10.6. The summed E-state index contributed by atoms with van der Waals surface area (Å²) >= 11 is 0. The molecule has 3 nitrogen and oxygen atoms in total. The summed E-state index contributed by atoms with van der Waals surface area (Å²) in [5.41, 5.74) is 8.43. The number of nitrogens with two attached hydrogens (primary N) is 1. The Morgan fingerprint density at radius 2 is 2.05 bits per heavy atom. The van der Waals surface area contributed by atoms with Gasteiger partial charge in [0.15, 0.2) is 0 Å². The second-order valence-electron chi connectivity index (χ2n) is 4.67. The molecule has 1 aromatic heterocycles. The summed E-state index contributed by atoms with van der Waals surface area (Å²) in [6.07, 6.45) is 4.67. The quantitative estimate of drug-likeness (QED) is 0.806. The van der Waals surface area contributed by atoms with Crippen molar-refractivity contribution in [3.8, 4) is 0 Å². The minimum absolute atomic E-state index is 0.725. The molecule has 2 rings (SSSR count). The molecule has 0 aliphatic heterocycles. The highest BCUT2D eigenvalue weighted by atomic mass is 15.1. The summed E-state index contributed by atoms with van der Waals surface area (Å²) in [4.78, 5) is 4.70. The van der Waals surface area contributed by atoms with Gasteiger partial charge in [-0.3, -0.25) is 0 Å². The van der Waals surface area contributed by atoms with Gasteiger partial charge in [-0.2, -0.15) is 0 Å². The Bertz CT molecular complexity index is 541. The van der Waals surface area contributed by atoms with Crippen LogP contribution in [0.15, 0.2) is 43.0 Å². The number of imidazole rings is 1. The van der Waals surface area contributed by atoms with Crippen molar-refractivity contribution in [2.24, 2.45) is 0 Å². The Labute approximate surface area is 114 Å². The maximum atomic E-state index is 6.22. The first kappa shape index (κ1) is 13.4. The van der Waals surface area contributed by atoms with Gasteiger partial charge in [0.05, 0.1) is 5.69 Å². The lowest BCUT2D eigenvalue weighted by atomic mass is 10.1. The fourth-order valence-corrected chi connectivity index (χ4v) is 2.23. The molecule has 100 valence electrons. The Balaban J connectivity index is 2.30. The minimum Gasteiger partial charge on any atom is -0.384 e. The van der Waals surface area contributed by atoms with E-state index < -0.39 is 0 Å². The van der Waals surface area contributed by atoms with Crippen LogP contribution in [0.5, 0.6) is 0 Å². The average Bonchev–Trinajstić information content (AvgIpc) is 2.70. The zero-order valence-corrected chi connectivity index (χ0v) is 11.5. The molecule has 0 aliphatic rings. The molecule has 2 aromatic rings. The SMILES string of the molecule is C=CCn1c(CCC)nc(Cc2ccccc2)c1N. The number of hydrogen-bond donors (Lipinski definition) is 1. The molecule has 0 radical (unpaired) electrons. The number of nitrogen functional groups attached to an aromatic ring is 1. The highest BCUT2D eigenvalue weighted by Gasteiger charge is 2.13. The summed E-state index contributed by atoms with van der Waals surface area (Å²) < 4.78 is 2.06. The Morgan fingerprint density at radius 1 is 1.32 bits per heavy atom. The van der Waals surface area contributed by atoms with Crippen LogP contribution in [0, 0.1) is 0 Å².